The summed E-state index contributed by atoms with van der Waals surface area (Å²) in [5.41, 5.74) is 0. The first-order valence-electron chi connectivity index (χ1n) is 6.87. The SMILES string of the molecule is Cl.O=C(N[C@@H]1CCCNC1)C1C2CCCCC21. The van der Waals surface area contributed by atoms with Crippen LogP contribution in [-0.4, -0.2) is 25.0 Å². The standard InChI is InChI=1S/C13H22N2O.ClH/c16-13(15-9-4-3-7-14-8-9)12-10-5-1-2-6-11(10)12;/h9-12,14H,1-8H2,(H,15,16);1H/t9-,10?,11?,12?;/m1./s1. The number of amides is 1. The molecule has 0 aromatic carbocycles. The van der Waals surface area contributed by atoms with Crippen LogP contribution in [-0.2, 0) is 4.79 Å². The first kappa shape index (κ1) is 13.2. The zero-order chi connectivity index (χ0) is 11.0. The molecular formula is C13H23ClN2O. The van der Waals surface area contributed by atoms with Gasteiger partial charge in [0.05, 0.1) is 0 Å². The van der Waals surface area contributed by atoms with Crippen molar-refractivity contribution < 1.29 is 4.79 Å². The van der Waals surface area contributed by atoms with Gasteiger partial charge < -0.3 is 10.6 Å². The molecule has 3 rings (SSSR count). The lowest BCUT2D eigenvalue weighted by Crippen LogP contribution is -2.46. The molecule has 2 aliphatic carbocycles. The van der Waals surface area contributed by atoms with Crippen LogP contribution in [0.4, 0.5) is 0 Å². The first-order valence-corrected chi connectivity index (χ1v) is 6.87. The number of carbonyl (C=O) groups excluding carboxylic acids is 1. The van der Waals surface area contributed by atoms with Crippen molar-refractivity contribution in [2.45, 2.75) is 44.6 Å². The Hall–Kier alpha value is -0.280. The summed E-state index contributed by atoms with van der Waals surface area (Å²) in [6.45, 7) is 2.08. The number of rotatable bonds is 2. The highest BCUT2D eigenvalue weighted by atomic mass is 35.5. The molecule has 0 bridgehead atoms. The Morgan fingerprint density at radius 3 is 2.35 bits per heavy atom. The van der Waals surface area contributed by atoms with Gasteiger partial charge in [-0.1, -0.05) is 12.8 Å². The molecule has 0 aromatic rings. The maximum atomic E-state index is 12.1. The molecule has 2 saturated carbocycles. The zero-order valence-electron chi connectivity index (χ0n) is 10.3. The highest BCUT2D eigenvalue weighted by Crippen LogP contribution is 2.55. The molecule has 1 heterocycles. The second-order valence-corrected chi connectivity index (χ2v) is 5.69. The first-order chi connectivity index (χ1) is 7.86. The third-order valence-corrected chi connectivity index (χ3v) is 4.60. The highest BCUT2D eigenvalue weighted by Gasteiger charge is 2.54. The van der Waals surface area contributed by atoms with Crippen LogP contribution >= 0.6 is 12.4 Å². The van der Waals surface area contributed by atoms with Crippen LogP contribution in [0, 0.1) is 17.8 Å². The highest BCUT2D eigenvalue weighted by molar-refractivity contribution is 5.85. The number of halogens is 1. The Morgan fingerprint density at radius 1 is 1.06 bits per heavy atom. The summed E-state index contributed by atoms with van der Waals surface area (Å²) in [5, 5.41) is 6.58. The minimum Gasteiger partial charge on any atom is -0.352 e. The van der Waals surface area contributed by atoms with Gasteiger partial charge >= 0.3 is 0 Å². The lowest BCUT2D eigenvalue weighted by molar-refractivity contribution is -0.123. The van der Waals surface area contributed by atoms with E-state index in [0.29, 0.717) is 17.9 Å². The van der Waals surface area contributed by atoms with Crippen molar-refractivity contribution in [2.24, 2.45) is 17.8 Å². The molecule has 1 saturated heterocycles. The lowest BCUT2D eigenvalue weighted by atomic mass is 10.0. The quantitative estimate of drug-likeness (QED) is 0.792. The van der Waals surface area contributed by atoms with Gasteiger partial charge in [0.2, 0.25) is 5.91 Å². The summed E-state index contributed by atoms with van der Waals surface area (Å²) < 4.78 is 0. The normalized spacial score (nSPS) is 39.8. The number of hydrogen-bond acceptors (Lipinski definition) is 2. The Balaban J connectivity index is 0.00000108. The van der Waals surface area contributed by atoms with E-state index in [0.717, 1.165) is 31.3 Å². The Labute approximate surface area is 110 Å². The minimum absolute atomic E-state index is 0. The van der Waals surface area contributed by atoms with Crippen molar-refractivity contribution in [1.82, 2.24) is 10.6 Å². The monoisotopic (exact) mass is 258 g/mol. The van der Waals surface area contributed by atoms with Crippen LogP contribution in [0.25, 0.3) is 0 Å². The Morgan fingerprint density at radius 2 is 1.76 bits per heavy atom. The summed E-state index contributed by atoms with van der Waals surface area (Å²) >= 11 is 0. The van der Waals surface area contributed by atoms with Gasteiger partial charge in [0, 0.05) is 18.5 Å². The maximum Gasteiger partial charge on any atom is 0.223 e. The molecule has 17 heavy (non-hydrogen) atoms. The van der Waals surface area contributed by atoms with Crippen molar-refractivity contribution >= 4 is 18.3 Å². The second kappa shape index (κ2) is 5.57. The largest absolute Gasteiger partial charge is 0.352 e. The van der Waals surface area contributed by atoms with E-state index in [1.165, 1.54) is 32.1 Å². The summed E-state index contributed by atoms with van der Waals surface area (Å²) in [7, 11) is 0. The molecule has 98 valence electrons. The second-order valence-electron chi connectivity index (χ2n) is 5.69. The van der Waals surface area contributed by atoms with Gasteiger partial charge in [-0.05, 0) is 44.1 Å². The molecule has 3 aliphatic rings. The van der Waals surface area contributed by atoms with Gasteiger partial charge in [-0.15, -0.1) is 12.4 Å². The van der Waals surface area contributed by atoms with E-state index < -0.39 is 0 Å². The molecule has 3 atom stereocenters. The van der Waals surface area contributed by atoms with E-state index in [1.54, 1.807) is 0 Å². The molecule has 0 spiro atoms. The smallest absolute Gasteiger partial charge is 0.223 e. The Bertz CT molecular complexity index is 267. The molecule has 0 radical (unpaired) electrons. The topological polar surface area (TPSA) is 41.1 Å². The van der Waals surface area contributed by atoms with Crippen molar-refractivity contribution in [2.75, 3.05) is 13.1 Å². The van der Waals surface area contributed by atoms with Crippen molar-refractivity contribution in [3.05, 3.63) is 0 Å². The van der Waals surface area contributed by atoms with Gasteiger partial charge in [-0.25, -0.2) is 0 Å². The van der Waals surface area contributed by atoms with E-state index in [-0.39, 0.29) is 12.4 Å². The van der Waals surface area contributed by atoms with Gasteiger partial charge in [-0.3, -0.25) is 4.79 Å². The summed E-state index contributed by atoms with van der Waals surface area (Å²) in [6.07, 6.45) is 7.63. The molecule has 3 nitrogen and oxygen atoms in total. The fourth-order valence-corrected chi connectivity index (χ4v) is 3.65. The van der Waals surface area contributed by atoms with Gasteiger partial charge in [0.25, 0.3) is 0 Å². The van der Waals surface area contributed by atoms with Crippen LogP contribution in [0.3, 0.4) is 0 Å². The predicted molar refractivity (Wildman–Crippen MR) is 70.2 cm³/mol. The number of carbonyl (C=O) groups is 1. The van der Waals surface area contributed by atoms with Crippen LogP contribution in [0.15, 0.2) is 0 Å². The molecule has 2 unspecified atom stereocenters. The van der Waals surface area contributed by atoms with E-state index in [4.69, 9.17) is 0 Å². The zero-order valence-corrected chi connectivity index (χ0v) is 11.1. The lowest BCUT2D eigenvalue weighted by Gasteiger charge is -2.23. The third kappa shape index (κ3) is 2.76. The third-order valence-electron chi connectivity index (χ3n) is 4.60. The number of piperidine rings is 1. The summed E-state index contributed by atoms with van der Waals surface area (Å²) in [6, 6.07) is 0.393. The van der Waals surface area contributed by atoms with Crippen LogP contribution in [0.5, 0.6) is 0 Å². The molecule has 1 aliphatic heterocycles. The van der Waals surface area contributed by atoms with Crippen molar-refractivity contribution in [3.63, 3.8) is 0 Å². The van der Waals surface area contributed by atoms with Crippen molar-refractivity contribution in [1.29, 1.82) is 0 Å². The predicted octanol–water partition coefficient (Wildman–Crippen LogP) is 1.71. The Kier molecular flexibility index (Phi) is 4.31. The average molecular weight is 259 g/mol. The fourth-order valence-electron chi connectivity index (χ4n) is 3.65. The molecule has 2 N–H and O–H groups in total. The fraction of sp³-hybridized carbons (Fsp3) is 0.923. The van der Waals surface area contributed by atoms with Crippen LogP contribution in [0.1, 0.15) is 38.5 Å². The van der Waals surface area contributed by atoms with Crippen LogP contribution < -0.4 is 10.6 Å². The summed E-state index contributed by atoms with van der Waals surface area (Å²) in [4.78, 5) is 12.1. The minimum atomic E-state index is 0. The number of hydrogen-bond donors (Lipinski definition) is 2. The van der Waals surface area contributed by atoms with E-state index in [2.05, 4.69) is 10.6 Å². The molecule has 4 heteroatoms. The number of nitrogens with one attached hydrogen (secondary N) is 2. The molecule has 1 amide bonds. The van der Waals surface area contributed by atoms with Gasteiger partial charge in [0.1, 0.15) is 0 Å². The average Bonchev–Trinajstić information content (AvgIpc) is 3.04. The number of fused-ring (bicyclic) bond motifs is 1. The van der Waals surface area contributed by atoms with E-state index in [9.17, 15) is 4.79 Å². The van der Waals surface area contributed by atoms with Crippen LogP contribution in [0.2, 0.25) is 0 Å². The molecular weight excluding hydrogens is 236 g/mol. The maximum absolute atomic E-state index is 12.1. The van der Waals surface area contributed by atoms with Crippen molar-refractivity contribution in [3.8, 4) is 0 Å². The molecule has 3 fully saturated rings. The van der Waals surface area contributed by atoms with Gasteiger partial charge in [0.15, 0.2) is 0 Å². The van der Waals surface area contributed by atoms with E-state index in [1.807, 2.05) is 0 Å². The van der Waals surface area contributed by atoms with E-state index >= 15 is 0 Å². The summed E-state index contributed by atoms with van der Waals surface area (Å²) in [5.74, 6) is 2.21. The van der Waals surface area contributed by atoms with Gasteiger partial charge in [-0.2, -0.15) is 0 Å². The molecule has 0 aromatic heterocycles.